The molecule has 150 valence electrons. The molecular weight excluding hydrogens is 368 g/mol. The fourth-order valence-corrected chi connectivity index (χ4v) is 2.85. The summed E-state index contributed by atoms with van der Waals surface area (Å²) in [5.41, 5.74) is 2.15. The number of hydrogen-bond acceptors (Lipinski definition) is 6. The van der Waals surface area contributed by atoms with Gasteiger partial charge in [0, 0.05) is 18.7 Å². The summed E-state index contributed by atoms with van der Waals surface area (Å²) in [6, 6.07) is 17.0. The normalized spacial score (nSPS) is 10.3. The van der Waals surface area contributed by atoms with Crippen LogP contribution in [-0.4, -0.2) is 36.6 Å². The Balaban J connectivity index is 1.72. The number of hydrogen-bond donors (Lipinski definition) is 2. The van der Waals surface area contributed by atoms with Gasteiger partial charge in [-0.25, -0.2) is 9.97 Å². The van der Waals surface area contributed by atoms with Gasteiger partial charge in [-0.3, -0.25) is 4.79 Å². The van der Waals surface area contributed by atoms with E-state index in [4.69, 9.17) is 9.47 Å². The molecule has 7 nitrogen and oxygen atoms in total. The zero-order valence-electron chi connectivity index (χ0n) is 16.7. The van der Waals surface area contributed by atoms with Gasteiger partial charge >= 0.3 is 0 Å². The lowest BCUT2D eigenvalue weighted by atomic mass is 10.1. The van der Waals surface area contributed by atoms with Crippen LogP contribution in [0.4, 0.5) is 11.5 Å². The summed E-state index contributed by atoms with van der Waals surface area (Å²) in [4.78, 5) is 21.2. The molecule has 0 saturated carbocycles. The van der Waals surface area contributed by atoms with Crippen molar-refractivity contribution in [2.45, 2.75) is 13.3 Å². The van der Waals surface area contributed by atoms with Crippen LogP contribution in [0.15, 0.2) is 54.6 Å². The van der Waals surface area contributed by atoms with Crippen molar-refractivity contribution in [1.82, 2.24) is 15.3 Å². The molecule has 7 heteroatoms. The molecule has 0 unspecified atom stereocenters. The molecule has 0 fully saturated rings. The highest BCUT2D eigenvalue weighted by atomic mass is 16.5. The minimum atomic E-state index is -0.243. The fraction of sp³-hybridized carbons (Fsp3) is 0.227. The van der Waals surface area contributed by atoms with E-state index >= 15 is 0 Å². The number of aryl methyl sites for hydroxylation is 1. The summed E-state index contributed by atoms with van der Waals surface area (Å²) >= 11 is 0. The number of aromatic nitrogens is 2. The monoisotopic (exact) mass is 392 g/mol. The first-order valence-corrected chi connectivity index (χ1v) is 9.26. The third kappa shape index (κ3) is 5.44. The largest absolute Gasteiger partial charge is 0.497 e. The number of rotatable bonds is 8. The third-order valence-corrected chi connectivity index (χ3v) is 4.28. The molecule has 0 saturated heterocycles. The minimum absolute atomic E-state index is 0.243. The lowest BCUT2D eigenvalue weighted by molar-refractivity contribution is 0.0949. The predicted octanol–water partition coefficient (Wildman–Crippen LogP) is 3.52. The molecule has 0 atom stereocenters. The Bertz CT molecular complexity index is 977. The highest BCUT2D eigenvalue weighted by Gasteiger charge is 2.12. The Morgan fingerprint density at radius 3 is 2.52 bits per heavy atom. The molecule has 1 amide bonds. The summed E-state index contributed by atoms with van der Waals surface area (Å²) in [5, 5.41) is 6.08. The number of amides is 1. The number of carbonyl (C=O) groups is 1. The first-order valence-electron chi connectivity index (χ1n) is 9.26. The van der Waals surface area contributed by atoms with Gasteiger partial charge in [-0.05, 0) is 31.0 Å². The molecular formula is C22H24N4O3. The van der Waals surface area contributed by atoms with Gasteiger partial charge in [0.05, 0.1) is 19.9 Å². The van der Waals surface area contributed by atoms with Crippen LogP contribution < -0.4 is 20.1 Å². The van der Waals surface area contributed by atoms with Gasteiger partial charge in [-0.2, -0.15) is 0 Å². The van der Waals surface area contributed by atoms with Gasteiger partial charge < -0.3 is 20.1 Å². The lowest BCUT2D eigenvalue weighted by Gasteiger charge is -2.13. The Morgan fingerprint density at radius 2 is 1.79 bits per heavy atom. The second-order valence-electron chi connectivity index (χ2n) is 6.37. The number of nitrogens with one attached hydrogen (secondary N) is 2. The van der Waals surface area contributed by atoms with E-state index < -0.39 is 0 Å². The molecule has 0 aliphatic rings. The minimum Gasteiger partial charge on any atom is -0.497 e. The molecule has 2 N–H and O–H groups in total. The molecule has 0 radical (unpaired) electrons. The Hall–Kier alpha value is -3.61. The lowest BCUT2D eigenvalue weighted by Crippen LogP contribution is -2.27. The number of benzene rings is 2. The third-order valence-electron chi connectivity index (χ3n) is 4.28. The van der Waals surface area contributed by atoms with Crippen LogP contribution in [0.5, 0.6) is 11.5 Å². The van der Waals surface area contributed by atoms with Crippen molar-refractivity contribution in [3.63, 3.8) is 0 Å². The van der Waals surface area contributed by atoms with Crippen LogP contribution >= 0.6 is 0 Å². The van der Waals surface area contributed by atoms with Crippen molar-refractivity contribution in [3.8, 4) is 11.5 Å². The van der Waals surface area contributed by atoms with E-state index in [1.165, 1.54) is 5.56 Å². The van der Waals surface area contributed by atoms with Crippen LogP contribution in [0, 0.1) is 6.92 Å². The number of carbonyl (C=O) groups excluding carboxylic acids is 1. The average molecular weight is 392 g/mol. The van der Waals surface area contributed by atoms with Crippen molar-refractivity contribution in [2.75, 3.05) is 26.1 Å². The highest BCUT2D eigenvalue weighted by molar-refractivity contribution is 5.93. The number of nitrogens with zero attached hydrogens (tertiary/aromatic N) is 2. The summed E-state index contributed by atoms with van der Waals surface area (Å²) in [5.74, 6) is 2.06. The van der Waals surface area contributed by atoms with Crippen molar-refractivity contribution in [2.24, 2.45) is 0 Å². The van der Waals surface area contributed by atoms with E-state index in [0.29, 0.717) is 41.1 Å². The van der Waals surface area contributed by atoms with Crippen LogP contribution in [0.1, 0.15) is 21.9 Å². The maximum Gasteiger partial charge on any atom is 0.270 e. The van der Waals surface area contributed by atoms with Crippen LogP contribution in [0.25, 0.3) is 0 Å². The maximum atomic E-state index is 12.5. The Kier molecular flexibility index (Phi) is 6.63. The molecule has 2 aromatic carbocycles. The molecule has 1 heterocycles. The maximum absolute atomic E-state index is 12.5. The quantitative estimate of drug-likeness (QED) is 0.610. The molecule has 3 aromatic rings. The molecule has 29 heavy (non-hydrogen) atoms. The summed E-state index contributed by atoms with van der Waals surface area (Å²) in [6.45, 7) is 2.27. The Labute approximate surface area is 170 Å². The van der Waals surface area contributed by atoms with Gasteiger partial charge in [0.15, 0.2) is 0 Å². The van der Waals surface area contributed by atoms with Gasteiger partial charge in [0.25, 0.3) is 5.91 Å². The summed E-state index contributed by atoms with van der Waals surface area (Å²) in [7, 11) is 3.18. The topological polar surface area (TPSA) is 85.4 Å². The highest BCUT2D eigenvalue weighted by Crippen LogP contribution is 2.31. The van der Waals surface area contributed by atoms with Crippen LogP contribution in [-0.2, 0) is 6.42 Å². The number of methoxy groups -OCH3 is 2. The van der Waals surface area contributed by atoms with Crippen molar-refractivity contribution in [1.29, 1.82) is 0 Å². The second-order valence-corrected chi connectivity index (χ2v) is 6.37. The van der Waals surface area contributed by atoms with E-state index in [-0.39, 0.29) is 5.91 Å². The zero-order chi connectivity index (χ0) is 20.6. The Morgan fingerprint density at radius 1 is 1.00 bits per heavy atom. The van der Waals surface area contributed by atoms with E-state index in [1.54, 1.807) is 45.4 Å². The van der Waals surface area contributed by atoms with Crippen molar-refractivity contribution < 1.29 is 14.3 Å². The molecule has 3 rings (SSSR count). The summed E-state index contributed by atoms with van der Waals surface area (Å²) in [6.07, 6.45) is 0.753. The fourth-order valence-electron chi connectivity index (χ4n) is 2.85. The number of anilines is 2. The van der Waals surface area contributed by atoms with E-state index in [0.717, 1.165) is 6.42 Å². The van der Waals surface area contributed by atoms with E-state index in [9.17, 15) is 4.79 Å². The first kappa shape index (κ1) is 20.1. The SMILES string of the molecule is COc1ccc(OC)c(Nc2cc(C(=O)NCCc3ccccc3)nc(C)n2)c1. The zero-order valence-corrected chi connectivity index (χ0v) is 16.7. The molecule has 1 aromatic heterocycles. The standard InChI is InChI=1S/C22H24N4O3/c1-15-24-19(22(27)23-12-11-16-7-5-4-6-8-16)14-21(25-15)26-18-13-17(28-2)9-10-20(18)29-3/h4-10,13-14H,11-12H2,1-3H3,(H,23,27)(H,24,25,26). The molecule has 0 spiro atoms. The van der Waals surface area contributed by atoms with Crippen LogP contribution in [0.3, 0.4) is 0 Å². The smallest absolute Gasteiger partial charge is 0.270 e. The summed E-state index contributed by atoms with van der Waals surface area (Å²) < 4.78 is 10.6. The first-order chi connectivity index (χ1) is 14.1. The second kappa shape index (κ2) is 9.54. The molecule has 0 bridgehead atoms. The number of ether oxygens (including phenoxy) is 2. The van der Waals surface area contributed by atoms with Crippen molar-refractivity contribution in [3.05, 3.63) is 71.7 Å². The van der Waals surface area contributed by atoms with Gasteiger partial charge in [0.2, 0.25) is 0 Å². The predicted molar refractivity (Wildman–Crippen MR) is 112 cm³/mol. The molecule has 0 aliphatic carbocycles. The van der Waals surface area contributed by atoms with Gasteiger partial charge in [-0.15, -0.1) is 0 Å². The van der Waals surface area contributed by atoms with Crippen LogP contribution in [0.2, 0.25) is 0 Å². The molecule has 0 aliphatic heterocycles. The van der Waals surface area contributed by atoms with Crippen molar-refractivity contribution >= 4 is 17.4 Å². The van der Waals surface area contributed by atoms with E-state index in [1.807, 2.05) is 30.3 Å². The average Bonchev–Trinajstić information content (AvgIpc) is 2.74. The van der Waals surface area contributed by atoms with E-state index in [2.05, 4.69) is 20.6 Å². The van der Waals surface area contributed by atoms with Gasteiger partial charge in [-0.1, -0.05) is 30.3 Å². The van der Waals surface area contributed by atoms with Gasteiger partial charge in [0.1, 0.15) is 28.8 Å².